The number of aromatic nitrogens is 2. The molecule has 1 saturated carbocycles. The number of benzene rings is 1. The molecule has 1 fully saturated rings. The molecule has 0 radical (unpaired) electrons. The van der Waals surface area contributed by atoms with Crippen LogP contribution in [0.15, 0.2) is 54.9 Å². The number of hydrogen-bond donors (Lipinski definition) is 1. The minimum absolute atomic E-state index is 0.0355. The molecule has 0 saturated heterocycles. The van der Waals surface area contributed by atoms with Crippen molar-refractivity contribution < 1.29 is 18.7 Å². The molecule has 7 heteroatoms. The van der Waals surface area contributed by atoms with Crippen LogP contribution < -0.4 is 10.1 Å². The molecule has 1 aromatic carbocycles. The first-order chi connectivity index (χ1) is 16.1. The zero-order valence-electron chi connectivity index (χ0n) is 18.9. The van der Waals surface area contributed by atoms with Gasteiger partial charge in [-0.2, -0.15) is 0 Å². The molecule has 6 nitrogen and oxygen atoms in total. The predicted molar refractivity (Wildman–Crippen MR) is 125 cm³/mol. The molecule has 2 heterocycles. The van der Waals surface area contributed by atoms with Crippen LogP contribution in [0.5, 0.6) is 5.88 Å². The second-order valence-electron chi connectivity index (χ2n) is 8.39. The standard InChI is InChI=1S/C26H28FN3O3/c1-32-25(31)13-17-3-5-18(6-4-17)19-7-9-20(10-8-19)24-12-11-21(15-28-24)30-22-14-23(27)26(33-2)29-16-22/h7-12,14-18,30H,3-6,13H2,1-2H3. The van der Waals surface area contributed by atoms with Gasteiger partial charge >= 0.3 is 5.97 Å². The number of carbonyl (C=O) groups is 1. The van der Waals surface area contributed by atoms with Crippen LogP contribution in [0.2, 0.25) is 0 Å². The summed E-state index contributed by atoms with van der Waals surface area (Å²) < 4.78 is 23.5. The molecule has 4 rings (SSSR count). The summed E-state index contributed by atoms with van der Waals surface area (Å²) in [5.41, 5.74) is 4.51. The van der Waals surface area contributed by atoms with Crippen LogP contribution in [0, 0.1) is 11.7 Å². The molecule has 0 amide bonds. The molecule has 33 heavy (non-hydrogen) atoms. The van der Waals surface area contributed by atoms with Crippen LogP contribution >= 0.6 is 0 Å². The SMILES string of the molecule is COC(=O)CC1CCC(c2ccc(-c3ccc(Nc4cnc(OC)c(F)c4)cn3)cc2)CC1. The summed E-state index contributed by atoms with van der Waals surface area (Å²) in [5.74, 6) is 0.306. The fraction of sp³-hybridized carbons (Fsp3) is 0.346. The number of carbonyl (C=O) groups excluding carboxylic acids is 1. The van der Waals surface area contributed by atoms with E-state index in [-0.39, 0.29) is 11.8 Å². The summed E-state index contributed by atoms with van der Waals surface area (Å²) in [4.78, 5) is 20.0. The number of nitrogens with zero attached hydrogens (tertiary/aromatic N) is 2. The minimum atomic E-state index is -0.524. The van der Waals surface area contributed by atoms with Crippen LogP contribution in [-0.2, 0) is 9.53 Å². The van der Waals surface area contributed by atoms with E-state index < -0.39 is 5.82 Å². The third-order valence-corrected chi connectivity index (χ3v) is 6.26. The topological polar surface area (TPSA) is 73.3 Å². The lowest BCUT2D eigenvalue weighted by atomic mass is 9.77. The van der Waals surface area contributed by atoms with Gasteiger partial charge < -0.3 is 14.8 Å². The number of methoxy groups -OCH3 is 2. The maximum atomic E-state index is 13.8. The van der Waals surface area contributed by atoms with E-state index in [1.54, 1.807) is 6.20 Å². The average Bonchev–Trinajstić information content (AvgIpc) is 2.85. The van der Waals surface area contributed by atoms with E-state index in [2.05, 4.69) is 39.6 Å². The van der Waals surface area contributed by atoms with Gasteiger partial charge in [-0.15, -0.1) is 0 Å². The smallest absolute Gasteiger partial charge is 0.305 e. The molecule has 0 bridgehead atoms. The van der Waals surface area contributed by atoms with Crippen molar-refractivity contribution in [2.75, 3.05) is 19.5 Å². The Morgan fingerprint density at radius 1 is 1.00 bits per heavy atom. The van der Waals surface area contributed by atoms with Crippen LogP contribution in [0.25, 0.3) is 11.3 Å². The Kier molecular flexibility index (Phi) is 7.17. The Morgan fingerprint density at radius 3 is 2.33 bits per heavy atom. The normalized spacial score (nSPS) is 17.9. The first-order valence-corrected chi connectivity index (χ1v) is 11.2. The Bertz CT molecular complexity index is 1080. The van der Waals surface area contributed by atoms with Gasteiger partial charge in [0.25, 0.3) is 0 Å². The van der Waals surface area contributed by atoms with Crippen LogP contribution in [-0.4, -0.2) is 30.2 Å². The van der Waals surface area contributed by atoms with Crippen molar-refractivity contribution in [2.45, 2.75) is 38.0 Å². The van der Waals surface area contributed by atoms with Crippen molar-refractivity contribution in [3.05, 3.63) is 66.2 Å². The number of esters is 1. The van der Waals surface area contributed by atoms with Gasteiger partial charge in [0.2, 0.25) is 5.88 Å². The highest BCUT2D eigenvalue weighted by Crippen LogP contribution is 2.37. The summed E-state index contributed by atoms with van der Waals surface area (Å²) in [6, 6.07) is 13.7. The first-order valence-electron chi connectivity index (χ1n) is 11.2. The van der Waals surface area contributed by atoms with Crippen molar-refractivity contribution >= 4 is 17.3 Å². The van der Waals surface area contributed by atoms with E-state index >= 15 is 0 Å². The molecule has 0 aliphatic heterocycles. The molecule has 0 unspecified atom stereocenters. The van der Waals surface area contributed by atoms with Gasteiger partial charge in [0.05, 0.1) is 43.7 Å². The maximum absolute atomic E-state index is 13.8. The van der Waals surface area contributed by atoms with E-state index in [4.69, 9.17) is 9.47 Å². The van der Waals surface area contributed by atoms with Gasteiger partial charge in [-0.05, 0) is 55.2 Å². The van der Waals surface area contributed by atoms with Crippen molar-refractivity contribution in [3.63, 3.8) is 0 Å². The number of hydrogen-bond acceptors (Lipinski definition) is 6. The van der Waals surface area contributed by atoms with Gasteiger partial charge in [0.15, 0.2) is 5.82 Å². The Morgan fingerprint density at radius 2 is 1.73 bits per heavy atom. The summed E-state index contributed by atoms with van der Waals surface area (Å²) in [6.07, 6.45) is 8.07. The molecular weight excluding hydrogens is 421 g/mol. The maximum Gasteiger partial charge on any atom is 0.305 e. The van der Waals surface area contributed by atoms with Crippen molar-refractivity contribution in [2.24, 2.45) is 5.92 Å². The molecule has 1 aliphatic carbocycles. The van der Waals surface area contributed by atoms with Gasteiger partial charge in [0, 0.05) is 18.1 Å². The molecule has 3 aromatic rings. The highest BCUT2D eigenvalue weighted by atomic mass is 19.1. The van der Waals surface area contributed by atoms with Crippen molar-refractivity contribution in [1.29, 1.82) is 0 Å². The minimum Gasteiger partial charge on any atom is -0.479 e. The average molecular weight is 450 g/mol. The van der Waals surface area contributed by atoms with Gasteiger partial charge in [-0.1, -0.05) is 24.3 Å². The fourth-order valence-corrected chi connectivity index (χ4v) is 4.39. The Hall–Kier alpha value is -3.48. The predicted octanol–water partition coefficient (Wildman–Crippen LogP) is 5.87. The van der Waals surface area contributed by atoms with Crippen molar-refractivity contribution in [1.82, 2.24) is 9.97 Å². The van der Waals surface area contributed by atoms with E-state index in [9.17, 15) is 9.18 Å². The largest absolute Gasteiger partial charge is 0.479 e. The summed E-state index contributed by atoms with van der Waals surface area (Å²) in [6.45, 7) is 0. The number of nitrogens with one attached hydrogen (secondary N) is 1. The number of rotatable bonds is 7. The molecule has 172 valence electrons. The highest BCUT2D eigenvalue weighted by Gasteiger charge is 2.24. The van der Waals surface area contributed by atoms with E-state index in [0.29, 0.717) is 23.9 Å². The molecule has 0 atom stereocenters. The molecular formula is C26H28FN3O3. The van der Waals surface area contributed by atoms with E-state index in [1.165, 1.54) is 32.0 Å². The lowest BCUT2D eigenvalue weighted by molar-refractivity contribution is -0.142. The van der Waals surface area contributed by atoms with Crippen LogP contribution in [0.1, 0.15) is 43.6 Å². The number of ether oxygens (including phenoxy) is 2. The van der Waals surface area contributed by atoms with Gasteiger partial charge in [-0.3, -0.25) is 9.78 Å². The lowest BCUT2D eigenvalue weighted by Gasteiger charge is -2.28. The first kappa shape index (κ1) is 22.7. The lowest BCUT2D eigenvalue weighted by Crippen LogP contribution is -2.17. The summed E-state index contributed by atoms with van der Waals surface area (Å²) >= 11 is 0. The number of anilines is 2. The van der Waals surface area contributed by atoms with Crippen LogP contribution in [0.4, 0.5) is 15.8 Å². The monoisotopic (exact) mass is 449 g/mol. The third-order valence-electron chi connectivity index (χ3n) is 6.26. The zero-order chi connectivity index (χ0) is 23.2. The van der Waals surface area contributed by atoms with Gasteiger partial charge in [0.1, 0.15) is 0 Å². The van der Waals surface area contributed by atoms with E-state index in [0.717, 1.165) is 42.6 Å². The Labute approximate surface area is 193 Å². The third kappa shape index (κ3) is 5.66. The molecule has 1 aliphatic rings. The second kappa shape index (κ2) is 10.4. The number of halogens is 1. The Balaban J connectivity index is 1.35. The molecule has 1 N–H and O–H groups in total. The molecule has 0 spiro atoms. The summed E-state index contributed by atoms with van der Waals surface area (Å²) in [7, 11) is 2.83. The summed E-state index contributed by atoms with van der Waals surface area (Å²) in [5, 5.41) is 3.10. The second-order valence-corrected chi connectivity index (χ2v) is 8.39. The fourth-order valence-electron chi connectivity index (χ4n) is 4.39. The van der Waals surface area contributed by atoms with Crippen molar-refractivity contribution in [3.8, 4) is 17.1 Å². The number of pyridine rings is 2. The quantitative estimate of drug-likeness (QED) is 0.455. The van der Waals surface area contributed by atoms with E-state index in [1.807, 2.05) is 12.1 Å². The highest BCUT2D eigenvalue weighted by molar-refractivity contribution is 5.69. The van der Waals surface area contributed by atoms with Gasteiger partial charge in [-0.25, -0.2) is 9.37 Å². The molecule has 2 aromatic heterocycles. The van der Waals surface area contributed by atoms with Crippen LogP contribution in [0.3, 0.4) is 0 Å². The zero-order valence-corrected chi connectivity index (χ0v) is 18.9.